The molecule has 0 unspecified atom stereocenters. The molecule has 28 heteroatoms. The maximum absolute atomic E-state index is 8.64. The van der Waals surface area contributed by atoms with Crippen molar-refractivity contribution in [3.8, 4) is 0 Å². The van der Waals surface area contributed by atoms with Gasteiger partial charge in [-0.15, -0.1) is 0 Å². The third-order valence-electron chi connectivity index (χ3n) is 0. The Labute approximate surface area is 228 Å². The fraction of sp³-hybridized carbons (Fsp3) is 0. The van der Waals surface area contributed by atoms with Gasteiger partial charge in [-0.25, -0.2) is 0 Å². The van der Waals surface area contributed by atoms with Crippen LogP contribution in [0.5, 0.6) is 0 Å². The smallest absolute Gasteiger partial charge is 5.00 e. The Morgan fingerprint density at radius 2 is 0.250 bits per heavy atom. The van der Waals surface area contributed by atoms with E-state index in [0.717, 1.165) is 0 Å². The molecule has 0 aromatic carbocycles. The van der Waals surface area contributed by atoms with Gasteiger partial charge < -0.3 is 0 Å². The first-order valence-corrected chi connectivity index (χ1v) is 24.5. The van der Waals surface area contributed by atoms with Crippen molar-refractivity contribution in [3.63, 3.8) is 0 Å². The zero-order chi connectivity index (χ0) is 22.5. The number of hydrogen-bond acceptors (Lipinski definition) is 20. The average molecular weight is 1470 g/mol. The first-order chi connectivity index (χ1) is 10.0. The van der Waals surface area contributed by atoms with Gasteiger partial charge in [0, 0.05) is 0 Å². The SMILES string of the molecule is [O]=[Sb]([O-])([O-])[O-].[O]=[Sb]([O-])([O-])[O-].[O]=[Sb]([O-])([O-])[O-].[O]=[Sb]([O-])([O-])[O-].[O]=[Sb]([O-])([O-])[O-].[Ta+5].[Ta+5].[Ta+5]. The minimum atomic E-state index is -6.10. The maximum Gasteiger partial charge on any atom is 5.00 e. The molecule has 160 valence electrons. The second-order valence-corrected chi connectivity index (χ2v) is 15.0. The molecule has 0 aromatic rings. The first kappa shape index (κ1) is 53.9. The Kier molecular flexibility index (Phi) is 47.8. The van der Waals surface area contributed by atoms with Crippen LogP contribution in [-0.2, 0) is 82.2 Å². The first-order valence-electron chi connectivity index (χ1n) is 3.65. The summed E-state index contributed by atoms with van der Waals surface area (Å²) in [5.41, 5.74) is 0. The van der Waals surface area contributed by atoms with Gasteiger partial charge in [0.1, 0.15) is 0 Å². The number of hydrogen-bond donors (Lipinski definition) is 0. The van der Waals surface area contributed by atoms with Gasteiger partial charge in [0.15, 0.2) is 0 Å². The summed E-state index contributed by atoms with van der Waals surface area (Å²) in [7, 11) is 0. The monoisotopic (exact) mass is 1470 g/mol. The van der Waals surface area contributed by atoms with Crippen LogP contribution >= 0.6 is 0 Å². The van der Waals surface area contributed by atoms with Crippen LogP contribution in [-0.4, -0.2) is 100 Å². The van der Waals surface area contributed by atoms with Gasteiger partial charge in [0.05, 0.1) is 0 Å². The molecule has 0 heterocycles. The van der Waals surface area contributed by atoms with E-state index in [1.807, 2.05) is 0 Å². The quantitative estimate of drug-likeness (QED) is 0.203. The van der Waals surface area contributed by atoms with Crippen LogP contribution in [0, 0.1) is 0 Å². The Balaban J connectivity index is -0.0000000290. The minimum absolute atomic E-state index is 0. The molecule has 20 nitrogen and oxygen atoms in total. The van der Waals surface area contributed by atoms with Crippen molar-refractivity contribution in [2.24, 2.45) is 0 Å². The second kappa shape index (κ2) is 24.8. The largest absolute Gasteiger partial charge is 5.00 e. The van der Waals surface area contributed by atoms with Crippen molar-refractivity contribution >= 4 is 100 Å². The molecule has 0 saturated carbocycles. The molecule has 28 heavy (non-hydrogen) atoms. The van der Waals surface area contributed by atoms with E-state index in [2.05, 4.69) is 0 Å². The molecule has 0 aliphatic heterocycles. The predicted molar refractivity (Wildman–Crippen MR) is 32.2 cm³/mol. The summed E-state index contributed by atoms with van der Waals surface area (Å²) in [5.74, 6) is 0. The molecule has 0 fully saturated rings. The Morgan fingerprint density at radius 3 is 0.250 bits per heavy atom. The van der Waals surface area contributed by atoms with Gasteiger partial charge in [-0.05, 0) is 0 Å². The zero-order valence-electron chi connectivity index (χ0n) is 11.7. The molecule has 0 radical (unpaired) electrons. The van der Waals surface area contributed by atoms with Crippen LogP contribution in [0.25, 0.3) is 0 Å². The molecule has 0 aliphatic rings. The van der Waals surface area contributed by atoms with E-state index in [0.29, 0.717) is 0 Å². The molecule has 0 saturated heterocycles. The summed E-state index contributed by atoms with van der Waals surface area (Å²) < 4.78 is 173. The van der Waals surface area contributed by atoms with E-state index in [-0.39, 0.29) is 67.1 Å². The van der Waals surface area contributed by atoms with Crippen molar-refractivity contribution in [3.05, 3.63) is 0 Å². The summed E-state index contributed by atoms with van der Waals surface area (Å²) >= 11 is -30.5. The molecule has 0 N–H and O–H groups in total. The van der Waals surface area contributed by atoms with Crippen molar-refractivity contribution in [2.75, 3.05) is 0 Å². The average Bonchev–Trinajstić information content (AvgIpc) is 1.79. The summed E-state index contributed by atoms with van der Waals surface area (Å²) in [6, 6.07) is 0. The van der Waals surface area contributed by atoms with E-state index >= 15 is 0 Å². The zero-order valence-corrected chi connectivity index (χ0v) is 34.1. The van der Waals surface area contributed by atoms with E-state index < -0.39 is 100 Å². The van der Waals surface area contributed by atoms with Gasteiger partial charge >= 0.3 is 233 Å². The Hall–Kier alpha value is 4.71. The van der Waals surface area contributed by atoms with E-state index in [9.17, 15) is 0 Å². The van der Waals surface area contributed by atoms with Crippen LogP contribution in [0.4, 0.5) is 0 Å². The predicted octanol–water partition coefficient (Wildman–Crippen LogP) is -20.3. The molecule has 0 rings (SSSR count). The standard InChI is InChI=1S/20O.5Sb.3Ta/q;;;;;15*-1;;;;;;3*+5. The topological polar surface area (TPSA) is 431 Å². The molecule has 0 atom stereocenters. The molecule has 0 aromatic heterocycles. The molecule has 0 spiro atoms. The molecular formula is O20Sb5Ta3. The minimum Gasteiger partial charge on any atom is 5.00 e. The summed E-state index contributed by atoms with van der Waals surface area (Å²) in [6.07, 6.45) is 0. The third kappa shape index (κ3) is 1220. The number of rotatable bonds is 0. The van der Waals surface area contributed by atoms with Gasteiger partial charge in [-0.1, -0.05) is 0 Å². The van der Waals surface area contributed by atoms with E-state index in [1.165, 1.54) is 0 Å². The third-order valence-corrected chi connectivity index (χ3v) is 0. The van der Waals surface area contributed by atoms with Crippen LogP contribution in [0.1, 0.15) is 0 Å². The van der Waals surface area contributed by atoms with Crippen LogP contribution in [0.15, 0.2) is 0 Å². The maximum atomic E-state index is 8.64. The van der Waals surface area contributed by atoms with Crippen molar-refractivity contribution in [1.29, 1.82) is 0 Å². The summed E-state index contributed by atoms with van der Waals surface area (Å²) in [4.78, 5) is 0. The Bertz CT molecular complexity index is 379. The van der Waals surface area contributed by atoms with E-state index in [1.54, 1.807) is 0 Å². The summed E-state index contributed by atoms with van der Waals surface area (Å²) in [5, 5.41) is 0. The summed E-state index contributed by atoms with van der Waals surface area (Å²) in [6.45, 7) is 0. The van der Waals surface area contributed by atoms with E-state index in [4.69, 9.17) is 65.9 Å². The van der Waals surface area contributed by atoms with Gasteiger partial charge in [-0.3, -0.25) is 0 Å². The molecule has 0 amide bonds. The molecular weight excluding hydrogens is 1470 g/mol. The van der Waals surface area contributed by atoms with Crippen molar-refractivity contribution in [2.45, 2.75) is 0 Å². The fourth-order valence-electron chi connectivity index (χ4n) is 0. The van der Waals surface area contributed by atoms with Crippen LogP contribution < -0.4 is 50.8 Å². The molecule has 0 bridgehead atoms. The van der Waals surface area contributed by atoms with Gasteiger partial charge in [-0.2, -0.15) is 0 Å². The van der Waals surface area contributed by atoms with Gasteiger partial charge in [0.25, 0.3) is 0 Å². The van der Waals surface area contributed by atoms with Gasteiger partial charge in [0.2, 0.25) is 0 Å². The van der Waals surface area contributed by atoms with Crippen molar-refractivity contribution < 1.29 is 133 Å². The second-order valence-electron chi connectivity index (χ2n) is 2.24. The molecule has 0 aliphatic carbocycles. The van der Waals surface area contributed by atoms with Crippen LogP contribution in [0.3, 0.4) is 0 Å². The normalized spacial score (nSPS) is 10.5. The van der Waals surface area contributed by atoms with Crippen molar-refractivity contribution in [1.82, 2.24) is 0 Å². The fourth-order valence-corrected chi connectivity index (χ4v) is 0. The van der Waals surface area contributed by atoms with Crippen LogP contribution in [0.2, 0.25) is 0 Å². The Morgan fingerprint density at radius 1 is 0.250 bits per heavy atom.